The zero-order valence-corrected chi connectivity index (χ0v) is 20.7. The quantitative estimate of drug-likeness (QED) is 0.154. The Labute approximate surface area is 179 Å². The summed E-state index contributed by atoms with van der Waals surface area (Å²) in [5, 5.41) is 0. The monoisotopic (exact) mass is 435 g/mol. The maximum atomic E-state index is 13.5. The first-order chi connectivity index (χ1) is 13.5. The lowest BCUT2D eigenvalue weighted by Gasteiger charge is -2.33. The lowest BCUT2D eigenvalue weighted by molar-refractivity contribution is -0.000422. The molecular weight excluding hydrogens is 398 g/mol. The van der Waals surface area contributed by atoms with Crippen LogP contribution in [0.1, 0.15) is 45.1 Å². The van der Waals surface area contributed by atoms with Gasteiger partial charge in [-0.3, -0.25) is 0 Å². The molecule has 0 bridgehead atoms. The number of unbranched alkanes of at least 4 members (excludes halogenated alkanes) is 2. The highest BCUT2D eigenvalue weighted by atomic mass is 32.2. The summed E-state index contributed by atoms with van der Waals surface area (Å²) in [4.78, 5) is 0.261. The highest BCUT2D eigenvalue weighted by Crippen LogP contribution is 2.24. The van der Waals surface area contributed by atoms with Crippen molar-refractivity contribution in [3.8, 4) is 11.5 Å². The third kappa shape index (κ3) is 8.47. The number of sulfonamides is 1. The van der Waals surface area contributed by atoms with E-state index < -0.39 is 24.3 Å². The van der Waals surface area contributed by atoms with E-state index in [1.807, 2.05) is 26.0 Å². The number of aryl methyl sites for hydroxylation is 1. The lowest BCUT2D eigenvalue weighted by atomic mass is 10.2. The Kier molecular flexibility index (Phi) is 10.4. The molecule has 0 saturated carbocycles. The van der Waals surface area contributed by atoms with Gasteiger partial charge in [0.05, 0.1) is 4.90 Å². The predicted octanol–water partition coefficient (Wildman–Crippen LogP) is 5.36. The van der Waals surface area contributed by atoms with Gasteiger partial charge in [0.2, 0.25) is 10.0 Å². The first kappa shape index (κ1) is 25.6. The van der Waals surface area contributed by atoms with E-state index >= 15 is 0 Å². The molecule has 0 spiro atoms. The molecule has 0 aliphatic rings. The van der Waals surface area contributed by atoms with Gasteiger partial charge < -0.3 is 4.74 Å². The summed E-state index contributed by atoms with van der Waals surface area (Å²) in [6.45, 7) is 16.8. The second-order valence-corrected chi connectivity index (χ2v) is 15.1. The Morgan fingerprint density at radius 3 is 2.34 bits per heavy atom. The van der Waals surface area contributed by atoms with Crippen molar-refractivity contribution >= 4 is 18.1 Å². The maximum absolute atomic E-state index is 13.5. The van der Waals surface area contributed by atoms with Gasteiger partial charge >= 0.3 is 0 Å². The molecule has 0 fully saturated rings. The van der Waals surface area contributed by atoms with Gasteiger partial charge in [0, 0.05) is 19.1 Å². The first-order valence-corrected chi connectivity index (χ1v) is 15.3. The number of hydrogen-bond donors (Lipinski definition) is 0. The summed E-state index contributed by atoms with van der Waals surface area (Å²) in [5.41, 5.74) is 4.34. The molecule has 1 aromatic carbocycles. The molecule has 4 nitrogen and oxygen atoms in total. The highest BCUT2D eigenvalue weighted by molar-refractivity contribution is 7.89. The van der Waals surface area contributed by atoms with E-state index in [0.29, 0.717) is 13.0 Å². The van der Waals surface area contributed by atoms with Gasteiger partial charge in [-0.1, -0.05) is 63.7 Å². The van der Waals surface area contributed by atoms with Gasteiger partial charge in [0.15, 0.2) is 0 Å². The average molecular weight is 436 g/mol. The fourth-order valence-electron chi connectivity index (χ4n) is 2.81. The molecule has 1 rings (SSSR count). The fourth-order valence-corrected chi connectivity index (χ4v) is 5.14. The van der Waals surface area contributed by atoms with Crippen LogP contribution >= 0.6 is 0 Å². The molecule has 0 heterocycles. The van der Waals surface area contributed by atoms with E-state index in [4.69, 9.17) is 4.74 Å². The second kappa shape index (κ2) is 11.7. The zero-order chi connectivity index (χ0) is 22.1. The number of nitrogens with zero attached hydrogens (tertiary/aromatic N) is 1. The molecule has 1 aromatic rings. The average Bonchev–Trinajstić information content (AvgIpc) is 2.63. The summed E-state index contributed by atoms with van der Waals surface area (Å²) in [6.07, 6.45) is 4.32. The number of rotatable bonds is 11. The maximum Gasteiger partial charge on any atom is 0.245 e. The summed E-state index contributed by atoms with van der Waals surface area (Å²) in [7, 11) is -5.28. The molecule has 0 aliphatic heterocycles. The van der Waals surface area contributed by atoms with Crippen LogP contribution in [0, 0.1) is 18.4 Å². The van der Waals surface area contributed by atoms with Gasteiger partial charge in [-0.2, -0.15) is 4.31 Å². The van der Waals surface area contributed by atoms with Crippen molar-refractivity contribution in [2.75, 3.05) is 6.61 Å². The summed E-state index contributed by atoms with van der Waals surface area (Å²) >= 11 is 0. The first-order valence-electron chi connectivity index (χ1n) is 10.4. The van der Waals surface area contributed by atoms with Gasteiger partial charge in [-0.25, -0.2) is 8.42 Å². The Morgan fingerprint density at radius 1 is 1.21 bits per heavy atom. The standard InChI is InChI=1S/C23H37NO3SSi/c1-8-10-11-18-27-23(9-2)24(21(4)13-12-19-29(5,6)7)28(25,26)22-16-14-20(3)15-17-22/h9,14-17,21,23H,2,8,10-11,13,18H2,1,3-7H3/t21-,23+/m1/s1. The molecule has 0 unspecified atom stereocenters. The van der Waals surface area contributed by atoms with E-state index in [2.05, 4.69) is 44.6 Å². The van der Waals surface area contributed by atoms with Gasteiger partial charge in [-0.15, -0.1) is 11.5 Å². The van der Waals surface area contributed by atoms with Crippen molar-refractivity contribution in [2.24, 2.45) is 0 Å². The molecule has 0 radical (unpaired) electrons. The van der Waals surface area contributed by atoms with Crippen LogP contribution in [0.3, 0.4) is 0 Å². The lowest BCUT2D eigenvalue weighted by Crippen LogP contribution is -2.46. The Bertz CT molecular complexity index is 801. The fraction of sp³-hybridized carbons (Fsp3) is 0.565. The van der Waals surface area contributed by atoms with E-state index in [-0.39, 0.29) is 10.9 Å². The van der Waals surface area contributed by atoms with E-state index in [1.54, 1.807) is 18.2 Å². The van der Waals surface area contributed by atoms with Crippen LogP contribution in [0.15, 0.2) is 41.8 Å². The van der Waals surface area contributed by atoms with Gasteiger partial charge in [-0.05, 0) is 38.5 Å². The number of hydrogen-bond acceptors (Lipinski definition) is 3. The minimum Gasteiger partial charge on any atom is -0.358 e. The predicted molar refractivity (Wildman–Crippen MR) is 125 cm³/mol. The molecule has 0 aliphatic carbocycles. The smallest absolute Gasteiger partial charge is 0.245 e. The Morgan fingerprint density at radius 2 is 1.83 bits per heavy atom. The van der Waals surface area contributed by atoms with Gasteiger partial charge in [0.25, 0.3) is 0 Å². The van der Waals surface area contributed by atoms with Crippen LogP contribution in [-0.2, 0) is 14.8 Å². The van der Waals surface area contributed by atoms with Crippen LogP contribution < -0.4 is 0 Å². The largest absolute Gasteiger partial charge is 0.358 e. The Hall–Kier alpha value is -1.39. The van der Waals surface area contributed by atoms with Crippen molar-refractivity contribution < 1.29 is 13.2 Å². The summed E-state index contributed by atoms with van der Waals surface area (Å²) < 4.78 is 34.4. The molecule has 162 valence electrons. The summed E-state index contributed by atoms with van der Waals surface area (Å²) in [6, 6.07) is 6.58. The molecular formula is C23H37NO3SSi. The number of ether oxygens (including phenoxy) is 1. The molecule has 6 heteroatoms. The minimum absolute atomic E-state index is 0.261. The van der Waals surface area contributed by atoms with Crippen molar-refractivity contribution in [3.05, 3.63) is 42.5 Å². The van der Waals surface area contributed by atoms with Crippen LogP contribution in [0.25, 0.3) is 0 Å². The second-order valence-electron chi connectivity index (χ2n) is 8.46. The van der Waals surface area contributed by atoms with Crippen LogP contribution in [-0.4, -0.2) is 39.7 Å². The molecule has 0 saturated heterocycles. The topological polar surface area (TPSA) is 46.6 Å². The molecule has 29 heavy (non-hydrogen) atoms. The Balaban J connectivity index is 3.22. The van der Waals surface area contributed by atoms with Crippen LogP contribution in [0.5, 0.6) is 0 Å². The van der Waals surface area contributed by atoms with Crippen molar-refractivity contribution in [1.82, 2.24) is 4.31 Å². The molecule has 0 amide bonds. The van der Waals surface area contributed by atoms with Crippen molar-refractivity contribution in [3.63, 3.8) is 0 Å². The molecule has 0 aromatic heterocycles. The zero-order valence-electron chi connectivity index (χ0n) is 18.9. The van der Waals surface area contributed by atoms with Crippen LogP contribution in [0.2, 0.25) is 19.6 Å². The third-order valence-corrected chi connectivity index (χ3v) is 7.30. The third-order valence-electron chi connectivity index (χ3n) is 4.38. The van der Waals surface area contributed by atoms with E-state index in [1.165, 1.54) is 4.31 Å². The van der Waals surface area contributed by atoms with Gasteiger partial charge in [0.1, 0.15) is 14.3 Å². The van der Waals surface area contributed by atoms with Crippen molar-refractivity contribution in [2.45, 2.75) is 83.3 Å². The molecule has 2 atom stereocenters. The number of benzene rings is 1. The minimum atomic E-state index is -3.76. The normalized spacial score (nSPS) is 14.2. The van der Waals surface area contributed by atoms with Crippen molar-refractivity contribution in [1.29, 1.82) is 0 Å². The van der Waals surface area contributed by atoms with Crippen LogP contribution in [0.4, 0.5) is 0 Å². The highest BCUT2D eigenvalue weighted by Gasteiger charge is 2.34. The SMILES string of the molecule is C=C[C@H](OCCCCC)N([C@H](C)CC#C[Si](C)(C)C)S(=O)(=O)c1ccc(C)cc1. The van der Waals surface area contributed by atoms with E-state index in [9.17, 15) is 8.42 Å². The molecule has 0 N–H and O–H groups in total. The van der Waals surface area contributed by atoms with E-state index in [0.717, 1.165) is 24.8 Å². The summed E-state index contributed by atoms with van der Waals surface area (Å²) in [5.74, 6) is 3.21.